The van der Waals surface area contributed by atoms with Crippen LogP contribution in [-0.4, -0.2) is 14.4 Å². The minimum absolute atomic E-state index is 0.445. The SMILES string of the molecule is Cc1nc(CN)n2cccnc12. The number of rotatable bonds is 1. The van der Waals surface area contributed by atoms with Crippen LogP contribution in [0.15, 0.2) is 18.5 Å². The van der Waals surface area contributed by atoms with E-state index >= 15 is 0 Å². The highest BCUT2D eigenvalue weighted by molar-refractivity contribution is 5.44. The van der Waals surface area contributed by atoms with Crippen LogP contribution < -0.4 is 5.73 Å². The van der Waals surface area contributed by atoms with Crippen molar-refractivity contribution < 1.29 is 0 Å². The van der Waals surface area contributed by atoms with Gasteiger partial charge >= 0.3 is 0 Å². The summed E-state index contributed by atoms with van der Waals surface area (Å²) in [5.74, 6) is 0.857. The fourth-order valence-electron chi connectivity index (χ4n) is 1.29. The van der Waals surface area contributed by atoms with Gasteiger partial charge in [-0.2, -0.15) is 0 Å². The third-order valence-corrected chi connectivity index (χ3v) is 1.83. The Bertz CT molecular complexity index is 404. The first-order valence-electron chi connectivity index (χ1n) is 3.81. The van der Waals surface area contributed by atoms with Crippen molar-refractivity contribution in [3.05, 3.63) is 30.0 Å². The zero-order valence-corrected chi connectivity index (χ0v) is 6.86. The van der Waals surface area contributed by atoms with Crippen LogP contribution in [0, 0.1) is 6.92 Å². The van der Waals surface area contributed by atoms with E-state index in [4.69, 9.17) is 5.73 Å². The van der Waals surface area contributed by atoms with Gasteiger partial charge in [-0.25, -0.2) is 9.97 Å². The molecule has 0 aromatic carbocycles. The van der Waals surface area contributed by atoms with E-state index in [-0.39, 0.29) is 0 Å². The molecule has 4 nitrogen and oxygen atoms in total. The molecule has 0 saturated heterocycles. The molecular weight excluding hydrogens is 152 g/mol. The molecule has 0 unspecified atom stereocenters. The molecule has 0 amide bonds. The number of hydrogen-bond acceptors (Lipinski definition) is 3. The molecule has 0 bridgehead atoms. The van der Waals surface area contributed by atoms with Gasteiger partial charge in [-0.05, 0) is 13.0 Å². The van der Waals surface area contributed by atoms with E-state index < -0.39 is 0 Å². The zero-order valence-electron chi connectivity index (χ0n) is 6.86. The average molecular weight is 162 g/mol. The normalized spacial score (nSPS) is 10.8. The number of nitrogens with two attached hydrogens (primary N) is 1. The van der Waals surface area contributed by atoms with Crippen LogP contribution in [0.2, 0.25) is 0 Å². The first-order valence-corrected chi connectivity index (χ1v) is 3.81. The van der Waals surface area contributed by atoms with Crippen molar-refractivity contribution in [1.29, 1.82) is 0 Å². The fraction of sp³-hybridized carbons (Fsp3) is 0.250. The number of aromatic nitrogens is 3. The van der Waals surface area contributed by atoms with Crippen molar-refractivity contribution in [3.63, 3.8) is 0 Å². The number of hydrogen-bond donors (Lipinski definition) is 1. The summed E-state index contributed by atoms with van der Waals surface area (Å²) in [6.07, 6.45) is 3.68. The molecule has 0 aliphatic heterocycles. The molecule has 0 saturated carbocycles. The topological polar surface area (TPSA) is 56.2 Å². The van der Waals surface area contributed by atoms with Crippen molar-refractivity contribution in [2.24, 2.45) is 5.73 Å². The summed E-state index contributed by atoms with van der Waals surface area (Å²) in [5, 5.41) is 0. The summed E-state index contributed by atoms with van der Waals surface area (Å²) in [5.41, 5.74) is 7.33. The van der Waals surface area contributed by atoms with Crippen molar-refractivity contribution in [3.8, 4) is 0 Å². The Kier molecular flexibility index (Phi) is 1.55. The smallest absolute Gasteiger partial charge is 0.159 e. The lowest BCUT2D eigenvalue weighted by molar-refractivity contribution is 0.894. The minimum atomic E-state index is 0.445. The molecule has 2 aromatic rings. The highest BCUT2D eigenvalue weighted by atomic mass is 15.1. The van der Waals surface area contributed by atoms with Crippen LogP contribution in [0.1, 0.15) is 11.5 Å². The van der Waals surface area contributed by atoms with Gasteiger partial charge in [0.2, 0.25) is 0 Å². The van der Waals surface area contributed by atoms with E-state index in [1.807, 2.05) is 23.6 Å². The Hall–Kier alpha value is -1.42. The number of nitrogens with zero attached hydrogens (tertiary/aromatic N) is 3. The molecule has 2 N–H and O–H groups in total. The van der Waals surface area contributed by atoms with Gasteiger partial charge in [0, 0.05) is 12.4 Å². The molecule has 0 aliphatic rings. The number of fused-ring (bicyclic) bond motifs is 1. The third kappa shape index (κ3) is 0.887. The number of imidazole rings is 1. The lowest BCUT2D eigenvalue weighted by atomic mass is 10.5. The predicted molar refractivity (Wildman–Crippen MR) is 45.6 cm³/mol. The van der Waals surface area contributed by atoms with Crippen LogP contribution in [0.5, 0.6) is 0 Å². The second-order valence-corrected chi connectivity index (χ2v) is 2.63. The lowest BCUT2D eigenvalue weighted by Gasteiger charge is -1.94. The Morgan fingerprint density at radius 3 is 3.17 bits per heavy atom. The first-order chi connectivity index (χ1) is 5.83. The average Bonchev–Trinajstić information content (AvgIpc) is 2.44. The zero-order chi connectivity index (χ0) is 8.55. The molecule has 62 valence electrons. The second-order valence-electron chi connectivity index (χ2n) is 2.63. The highest BCUT2D eigenvalue weighted by Gasteiger charge is 2.05. The van der Waals surface area contributed by atoms with Crippen LogP contribution in [0.3, 0.4) is 0 Å². The van der Waals surface area contributed by atoms with E-state index in [9.17, 15) is 0 Å². The maximum atomic E-state index is 5.52. The van der Waals surface area contributed by atoms with E-state index in [2.05, 4.69) is 9.97 Å². The summed E-state index contributed by atoms with van der Waals surface area (Å²) in [6.45, 7) is 2.38. The fourth-order valence-corrected chi connectivity index (χ4v) is 1.29. The summed E-state index contributed by atoms with van der Waals surface area (Å²) < 4.78 is 1.91. The standard InChI is InChI=1S/C8H10N4/c1-6-8-10-3-2-4-12(8)7(5-9)11-6/h2-4H,5,9H2,1H3. The summed E-state index contributed by atoms with van der Waals surface area (Å²) >= 11 is 0. The molecule has 2 heterocycles. The maximum absolute atomic E-state index is 5.52. The molecule has 2 aromatic heterocycles. The van der Waals surface area contributed by atoms with Gasteiger partial charge in [-0.3, -0.25) is 4.40 Å². The summed E-state index contributed by atoms with van der Waals surface area (Å²) in [7, 11) is 0. The summed E-state index contributed by atoms with van der Waals surface area (Å²) in [4.78, 5) is 8.48. The summed E-state index contributed by atoms with van der Waals surface area (Å²) in [6, 6.07) is 1.87. The second kappa shape index (κ2) is 2.57. The Balaban J connectivity index is 2.82. The molecule has 0 aliphatic carbocycles. The predicted octanol–water partition coefficient (Wildman–Crippen LogP) is 0.496. The molecular formula is C8H10N4. The van der Waals surface area contributed by atoms with E-state index in [0.29, 0.717) is 6.54 Å². The van der Waals surface area contributed by atoms with Gasteiger partial charge in [-0.1, -0.05) is 0 Å². The molecule has 0 radical (unpaired) electrons. The highest BCUT2D eigenvalue weighted by Crippen LogP contribution is 2.07. The van der Waals surface area contributed by atoms with Gasteiger partial charge in [-0.15, -0.1) is 0 Å². The van der Waals surface area contributed by atoms with E-state index in [1.54, 1.807) is 6.20 Å². The van der Waals surface area contributed by atoms with Crippen LogP contribution in [0.25, 0.3) is 5.65 Å². The minimum Gasteiger partial charge on any atom is -0.324 e. The maximum Gasteiger partial charge on any atom is 0.159 e. The van der Waals surface area contributed by atoms with Crippen molar-refractivity contribution in [2.75, 3.05) is 0 Å². The van der Waals surface area contributed by atoms with Gasteiger partial charge in [0.1, 0.15) is 5.82 Å². The van der Waals surface area contributed by atoms with Crippen molar-refractivity contribution in [2.45, 2.75) is 13.5 Å². The number of aryl methyl sites for hydroxylation is 1. The van der Waals surface area contributed by atoms with Crippen LogP contribution in [0.4, 0.5) is 0 Å². The Morgan fingerprint density at radius 1 is 1.58 bits per heavy atom. The molecule has 12 heavy (non-hydrogen) atoms. The van der Waals surface area contributed by atoms with Crippen molar-refractivity contribution >= 4 is 5.65 Å². The quantitative estimate of drug-likeness (QED) is 0.664. The van der Waals surface area contributed by atoms with Gasteiger partial charge < -0.3 is 5.73 Å². The largest absolute Gasteiger partial charge is 0.324 e. The molecule has 0 spiro atoms. The molecule has 0 atom stereocenters. The molecule has 2 rings (SSSR count). The van der Waals surface area contributed by atoms with Crippen LogP contribution >= 0.6 is 0 Å². The van der Waals surface area contributed by atoms with Crippen LogP contribution in [-0.2, 0) is 6.54 Å². The third-order valence-electron chi connectivity index (χ3n) is 1.83. The van der Waals surface area contributed by atoms with Gasteiger partial charge in [0.25, 0.3) is 0 Å². The van der Waals surface area contributed by atoms with E-state index in [1.165, 1.54) is 0 Å². The monoisotopic (exact) mass is 162 g/mol. The molecule has 4 heteroatoms. The van der Waals surface area contributed by atoms with E-state index in [0.717, 1.165) is 17.2 Å². The Morgan fingerprint density at radius 2 is 2.42 bits per heavy atom. The Labute approximate surface area is 70.1 Å². The lowest BCUT2D eigenvalue weighted by Crippen LogP contribution is -2.02. The van der Waals surface area contributed by atoms with Gasteiger partial charge in [0.05, 0.1) is 12.2 Å². The first kappa shape index (κ1) is 7.24. The molecule has 0 fully saturated rings. The van der Waals surface area contributed by atoms with Gasteiger partial charge in [0.15, 0.2) is 5.65 Å². The van der Waals surface area contributed by atoms with Crippen molar-refractivity contribution in [1.82, 2.24) is 14.4 Å².